The number of nitrogens with zero attached hydrogens (tertiary/aromatic N) is 2. The molecule has 0 saturated carbocycles. The lowest BCUT2D eigenvalue weighted by molar-refractivity contribution is 0.174. The molecule has 0 atom stereocenters. The number of fused-ring (bicyclic) bond motifs is 1. The van der Waals surface area contributed by atoms with E-state index < -0.39 is 0 Å². The Morgan fingerprint density at radius 2 is 2.00 bits per heavy atom. The van der Waals surface area contributed by atoms with E-state index in [4.69, 9.17) is 15.2 Å². The van der Waals surface area contributed by atoms with Gasteiger partial charge in [0, 0.05) is 12.1 Å². The number of benzene rings is 1. The number of aromatic nitrogens is 2. The molecule has 3 N–H and O–H groups in total. The van der Waals surface area contributed by atoms with Crippen LogP contribution >= 0.6 is 0 Å². The van der Waals surface area contributed by atoms with Crippen LogP contribution in [0.3, 0.4) is 0 Å². The molecule has 0 amide bonds. The predicted octanol–water partition coefficient (Wildman–Crippen LogP) is 2.02. The molecule has 1 aliphatic rings. The molecule has 0 spiro atoms. The molecule has 0 bridgehead atoms. The summed E-state index contributed by atoms with van der Waals surface area (Å²) in [6.45, 7) is 4.64. The van der Waals surface area contributed by atoms with Crippen LogP contribution in [0.15, 0.2) is 18.2 Å². The van der Waals surface area contributed by atoms with Gasteiger partial charge in [-0.1, -0.05) is 6.07 Å². The molecule has 2 aromatic rings. The zero-order valence-electron chi connectivity index (χ0n) is 11.4. The normalized spacial score (nSPS) is 12.5. The van der Waals surface area contributed by atoms with E-state index in [0.29, 0.717) is 18.2 Å². The van der Waals surface area contributed by atoms with E-state index in [-0.39, 0.29) is 6.79 Å². The first kappa shape index (κ1) is 12.5. The van der Waals surface area contributed by atoms with Crippen LogP contribution in [0, 0.1) is 13.8 Å². The lowest BCUT2D eigenvalue weighted by atomic mass is 10.2. The van der Waals surface area contributed by atoms with Crippen molar-refractivity contribution in [2.45, 2.75) is 20.4 Å². The van der Waals surface area contributed by atoms with Crippen molar-refractivity contribution in [2.75, 3.05) is 17.8 Å². The second kappa shape index (κ2) is 4.88. The van der Waals surface area contributed by atoms with Gasteiger partial charge in [-0.3, -0.25) is 0 Å². The van der Waals surface area contributed by atoms with Crippen LogP contribution in [0.25, 0.3) is 0 Å². The van der Waals surface area contributed by atoms with Gasteiger partial charge >= 0.3 is 0 Å². The number of rotatable bonds is 3. The summed E-state index contributed by atoms with van der Waals surface area (Å²) in [7, 11) is 0. The SMILES string of the molecule is Cc1nc(N)c(C)c(NCc2ccc3c(c2)OCO3)n1. The van der Waals surface area contributed by atoms with Crippen LogP contribution < -0.4 is 20.5 Å². The summed E-state index contributed by atoms with van der Waals surface area (Å²) in [5.74, 6) is 3.48. The van der Waals surface area contributed by atoms with Gasteiger partial charge in [-0.05, 0) is 31.5 Å². The Bertz CT molecular complexity index is 658. The van der Waals surface area contributed by atoms with Gasteiger partial charge in [-0.25, -0.2) is 9.97 Å². The molecule has 2 heterocycles. The molecular weight excluding hydrogens is 256 g/mol. The number of anilines is 2. The second-order valence-corrected chi connectivity index (χ2v) is 4.67. The highest BCUT2D eigenvalue weighted by molar-refractivity contribution is 5.55. The predicted molar refractivity (Wildman–Crippen MR) is 75.8 cm³/mol. The summed E-state index contributed by atoms with van der Waals surface area (Å²) in [6.07, 6.45) is 0. The Labute approximate surface area is 116 Å². The fourth-order valence-electron chi connectivity index (χ4n) is 2.06. The van der Waals surface area contributed by atoms with E-state index in [1.165, 1.54) is 0 Å². The van der Waals surface area contributed by atoms with Gasteiger partial charge in [0.15, 0.2) is 11.5 Å². The van der Waals surface area contributed by atoms with E-state index in [1.807, 2.05) is 32.0 Å². The first-order chi connectivity index (χ1) is 9.63. The van der Waals surface area contributed by atoms with E-state index >= 15 is 0 Å². The van der Waals surface area contributed by atoms with E-state index in [0.717, 1.165) is 28.4 Å². The molecule has 6 heteroatoms. The molecule has 1 aliphatic heterocycles. The van der Waals surface area contributed by atoms with Crippen LogP contribution in [0.5, 0.6) is 11.5 Å². The van der Waals surface area contributed by atoms with E-state index in [1.54, 1.807) is 0 Å². The molecule has 1 aromatic heterocycles. The van der Waals surface area contributed by atoms with Crippen molar-refractivity contribution in [3.05, 3.63) is 35.2 Å². The minimum absolute atomic E-state index is 0.285. The molecule has 6 nitrogen and oxygen atoms in total. The zero-order valence-corrected chi connectivity index (χ0v) is 11.4. The maximum absolute atomic E-state index is 5.84. The number of ether oxygens (including phenoxy) is 2. The van der Waals surface area contributed by atoms with Crippen molar-refractivity contribution < 1.29 is 9.47 Å². The highest BCUT2D eigenvalue weighted by atomic mass is 16.7. The van der Waals surface area contributed by atoms with Gasteiger partial charge in [-0.15, -0.1) is 0 Å². The average molecular weight is 272 g/mol. The van der Waals surface area contributed by atoms with Crippen molar-refractivity contribution in [3.8, 4) is 11.5 Å². The first-order valence-corrected chi connectivity index (χ1v) is 6.36. The van der Waals surface area contributed by atoms with Crippen molar-refractivity contribution >= 4 is 11.6 Å². The summed E-state index contributed by atoms with van der Waals surface area (Å²) in [5.41, 5.74) is 7.78. The molecule has 20 heavy (non-hydrogen) atoms. The van der Waals surface area contributed by atoms with Gasteiger partial charge in [0.2, 0.25) is 6.79 Å². The van der Waals surface area contributed by atoms with Crippen molar-refractivity contribution in [3.63, 3.8) is 0 Å². The number of nitrogens with one attached hydrogen (secondary N) is 1. The monoisotopic (exact) mass is 272 g/mol. The number of nitrogen functional groups attached to an aromatic ring is 1. The van der Waals surface area contributed by atoms with Crippen LogP contribution in [0.2, 0.25) is 0 Å². The van der Waals surface area contributed by atoms with Crippen LogP contribution in [-0.4, -0.2) is 16.8 Å². The third-order valence-corrected chi connectivity index (χ3v) is 3.19. The Balaban J connectivity index is 1.77. The number of aryl methyl sites for hydroxylation is 1. The third-order valence-electron chi connectivity index (χ3n) is 3.19. The lowest BCUT2D eigenvalue weighted by Crippen LogP contribution is -2.08. The maximum atomic E-state index is 5.84. The topological polar surface area (TPSA) is 82.3 Å². The highest BCUT2D eigenvalue weighted by Gasteiger charge is 2.13. The van der Waals surface area contributed by atoms with Crippen LogP contribution in [-0.2, 0) is 6.54 Å². The number of hydrogen-bond donors (Lipinski definition) is 2. The molecule has 0 unspecified atom stereocenters. The Hall–Kier alpha value is -2.50. The van der Waals surface area contributed by atoms with Gasteiger partial charge in [0.1, 0.15) is 17.5 Å². The van der Waals surface area contributed by atoms with Crippen LogP contribution in [0.4, 0.5) is 11.6 Å². The number of nitrogens with two attached hydrogens (primary N) is 1. The Kier molecular flexibility index (Phi) is 3.06. The van der Waals surface area contributed by atoms with E-state index in [2.05, 4.69) is 15.3 Å². The minimum Gasteiger partial charge on any atom is -0.454 e. The summed E-state index contributed by atoms with van der Waals surface area (Å²) < 4.78 is 10.6. The molecule has 0 fully saturated rings. The second-order valence-electron chi connectivity index (χ2n) is 4.67. The standard InChI is InChI=1S/C14H16N4O2/c1-8-13(15)17-9(2)18-14(8)16-6-10-3-4-11-12(5-10)20-7-19-11/h3-5H,6-7H2,1-2H3,(H3,15,16,17,18). The molecule has 0 saturated heterocycles. The molecule has 0 radical (unpaired) electrons. The fraction of sp³-hybridized carbons (Fsp3) is 0.286. The zero-order chi connectivity index (χ0) is 14.1. The maximum Gasteiger partial charge on any atom is 0.231 e. The van der Waals surface area contributed by atoms with Crippen LogP contribution in [0.1, 0.15) is 17.0 Å². The number of hydrogen-bond acceptors (Lipinski definition) is 6. The van der Waals surface area contributed by atoms with E-state index in [9.17, 15) is 0 Å². The summed E-state index contributed by atoms with van der Waals surface area (Å²) in [4.78, 5) is 8.49. The Morgan fingerprint density at radius 1 is 1.20 bits per heavy atom. The van der Waals surface area contributed by atoms with Gasteiger partial charge < -0.3 is 20.5 Å². The molecule has 104 valence electrons. The van der Waals surface area contributed by atoms with Crippen molar-refractivity contribution in [2.24, 2.45) is 0 Å². The highest BCUT2D eigenvalue weighted by Crippen LogP contribution is 2.32. The van der Waals surface area contributed by atoms with Crippen molar-refractivity contribution in [1.82, 2.24) is 9.97 Å². The lowest BCUT2D eigenvalue weighted by Gasteiger charge is -2.11. The van der Waals surface area contributed by atoms with Crippen molar-refractivity contribution in [1.29, 1.82) is 0 Å². The molecular formula is C14H16N4O2. The fourth-order valence-corrected chi connectivity index (χ4v) is 2.06. The van der Waals surface area contributed by atoms with Gasteiger partial charge in [0.25, 0.3) is 0 Å². The Morgan fingerprint density at radius 3 is 2.85 bits per heavy atom. The third kappa shape index (κ3) is 2.32. The molecule has 0 aliphatic carbocycles. The summed E-state index contributed by atoms with van der Waals surface area (Å²) in [6, 6.07) is 5.86. The molecule has 1 aromatic carbocycles. The summed E-state index contributed by atoms with van der Waals surface area (Å²) in [5, 5.41) is 3.27. The van der Waals surface area contributed by atoms with Gasteiger partial charge in [0.05, 0.1) is 0 Å². The molecule has 3 rings (SSSR count). The smallest absolute Gasteiger partial charge is 0.231 e. The largest absolute Gasteiger partial charge is 0.454 e. The first-order valence-electron chi connectivity index (χ1n) is 6.36. The van der Waals surface area contributed by atoms with Gasteiger partial charge in [-0.2, -0.15) is 0 Å². The minimum atomic E-state index is 0.285. The summed E-state index contributed by atoms with van der Waals surface area (Å²) >= 11 is 0. The average Bonchev–Trinajstić information content (AvgIpc) is 2.88. The quantitative estimate of drug-likeness (QED) is 0.889.